The molecule has 0 radical (unpaired) electrons. The van der Waals surface area contributed by atoms with E-state index >= 15 is 0 Å². The maximum absolute atomic E-state index is 13.5. The summed E-state index contributed by atoms with van der Waals surface area (Å²) >= 11 is 0. The summed E-state index contributed by atoms with van der Waals surface area (Å²) in [7, 11) is 0. The fourth-order valence-corrected chi connectivity index (χ4v) is 3.26. The predicted octanol–water partition coefficient (Wildman–Crippen LogP) is 3.62. The number of halogens is 2. The molecule has 1 saturated heterocycles. The Kier molecular flexibility index (Phi) is 5.49. The van der Waals surface area contributed by atoms with Crippen LogP contribution in [0.25, 0.3) is 0 Å². The minimum Gasteiger partial charge on any atom is -0.329 e. The van der Waals surface area contributed by atoms with Crippen molar-refractivity contribution in [2.24, 2.45) is 5.73 Å². The molecule has 0 aromatic heterocycles. The van der Waals surface area contributed by atoms with Crippen LogP contribution in [0.3, 0.4) is 0 Å². The van der Waals surface area contributed by atoms with Crippen molar-refractivity contribution in [2.45, 2.75) is 51.1 Å². The van der Waals surface area contributed by atoms with Crippen LogP contribution in [-0.2, 0) is 0 Å². The Labute approximate surface area is 120 Å². The maximum Gasteiger partial charge on any atom is 0.159 e. The number of rotatable bonds is 5. The lowest BCUT2D eigenvalue weighted by Gasteiger charge is -2.41. The Morgan fingerprint density at radius 2 is 2.10 bits per heavy atom. The van der Waals surface area contributed by atoms with Gasteiger partial charge in [-0.15, -0.1) is 0 Å². The van der Waals surface area contributed by atoms with Crippen LogP contribution in [0, 0.1) is 11.6 Å². The molecule has 0 spiro atoms. The van der Waals surface area contributed by atoms with Crippen molar-refractivity contribution in [3.63, 3.8) is 0 Å². The van der Waals surface area contributed by atoms with E-state index in [9.17, 15) is 8.78 Å². The summed E-state index contributed by atoms with van der Waals surface area (Å²) in [5.74, 6) is -1.58. The molecule has 1 aliphatic rings. The van der Waals surface area contributed by atoms with Crippen LogP contribution in [0.1, 0.15) is 50.6 Å². The zero-order valence-electron chi connectivity index (χ0n) is 12.1. The van der Waals surface area contributed by atoms with E-state index in [0.29, 0.717) is 12.6 Å². The van der Waals surface area contributed by atoms with Gasteiger partial charge in [0.2, 0.25) is 0 Å². The van der Waals surface area contributed by atoms with Crippen LogP contribution in [0.5, 0.6) is 0 Å². The summed E-state index contributed by atoms with van der Waals surface area (Å²) in [6, 6.07) is 4.65. The van der Waals surface area contributed by atoms with Crippen molar-refractivity contribution in [3.8, 4) is 0 Å². The fraction of sp³-hybridized carbons (Fsp3) is 0.625. The highest BCUT2D eigenvalue weighted by Gasteiger charge is 2.28. The van der Waals surface area contributed by atoms with Gasteiger partial charge in [0, 0.05) is 18.6 Å². The average Bonchev–Trinajstić information content (AvgIpc) is 2.45. The molecule has 2 N–H and O–H groups in total. The van der Waals surface area contributed by atoms with E-state index in [4.69, 9.17) is 5.73 Å². The Morgan fingerprint density at radius 3 is 2.75 bits per heavy atom. The second-order valence-electron chi connectivity index (χ2n) is 5.60. The molecule has 0 bridgehead atoms. The van der Waals surface area contributed by atoms with E-state index in [-0.39, 0.29) is 6.04 Å². The van der Waals surface area contributed by atoms with E-state index in [1.54, 1.807) is 6.07 Å². The molecule has 1 aliphatic heterocycles. The first kappa shape index (κ1) is 15.4. The summed E-state index contributed by atoms with van der Waals surface area (Å²) in [6.07, 6.45) is 5.85. The lowest BCUT2D eigenvalue weighted by molar-refractivity contribution is 0.0910. The summed E-state index contributed by atoms with van der Waals surface area (Å²) in [4.78, 5) is 2.39. The number of piperidine rings is 1. The lowest BCUT2D eigenvalue weighted by Crippen LogP contribution is -2.44. The molecule has 112 valence electrons. The monoisotopic (exact) mass is 282 g/mol. The van der Waals surface area contributed by atoms with E-state index in [2.05, 4.69) is 11.8 Å². The van der Waals surface area contributed by atoms with Crippen molar-refractivity contribution >= 4 is 0 Å². The summed E-state index contributed by atoms with van der Waals surface area (Å²) in [5, 5.41) is 0. The zero-order chi connectivity index (χ0) is 14.5. The number of nitrogens with zero attached hydrogens (tertiary/aromatic N) is 1. The van der Waals surface area contributed by atoms with Crippen LogP contribution >= 0.6 is 0 Å². The van der Waals surface area contributed by atoms with Gasteiger partial charge in [0.25, 0.3) is 0 Å². The van der Waals surface area contributed by atoms with Crippen LogP contribution in [0.15, 0.2) is 18.2 Å². The molecular weight excluding hydrogens is 258 g/mol. The predicted molar refractivity (Wildman–Crippen MR) is 77.4 cm³/mol. The highest BCUT2D eigenvalue weighted by Crippen LogP contribution is 2.30. The summed E-state index contributed by atoms with van der Waals surface area (Å²) in [6.45, 7) is 3.61. The number of likely N-dealkylation sites (tertiary alicyclic amines) is 1. The zero-order valence-corrected chi connectivity index (χ0v) is 12.1. The van der Waals surface area contributed by atoms with Gasteiger partial charge in [0.15, 0.2) is 11.6 Å². The lowest BCUT2D eigenvalue weighted by atomic mass is 9.93. The van der Waals surface area contributed by atoms with Gasteiger partial charge in [0.05, 0.1) is 0 Å². The number of hydrogen-bond donors (Lipinski definition) is 1. The molecule has 0 amide bonds. The minimum atomic E-state index is -0.798. The van der Waals surface area contributed by atoms with Gasteiger partial charge in [-0.25, -0.2) is 8.78 Å². The smallest absolute Gasteiger partial charge is 0.159 e. The van der Waals surface area contributed by atoms with Crippen molar-refractivity contribution in [1.82, 2.24) is 4.90 Å². The quantitative estimate of drug-likeness (QED) is 0.893. The van der Waals surface area contributed by atoms with Crippen LogP contribution in [0.4, 0.5) is 8.78 Å². The molecule has 4 heteroatoms. The molecule has 2 unspecified atom stereocenters. The average molecular weight is 282 g/mol. The van der Waals surface area contributed by atoms with Gasteiger partial charge < -0.3 is 5.73 Å². The Morgan fingerprint density at radius 1 is 1.30 bits per heavy atom. The van der Waals surface area contributed by atoms with Gasteiger partial charge in [0.1, 0.15) is 0 Å². The molecule has 1 aromatic carbocycles. The Balaban J connectivity index is 2.22. The SMILES string of the molecule is CCCC1CCCCN1C(CN)c1ccc(F)c(F)c1. The molecule has 1 fully saturated rings. The first-order chi connectivity index (χ1) is 9.67. The molecule has 0 saturated carbocycles. The molecule has 1 aromatic rings. The van der Waals surface area contributed by atoms with E-state index < -0.39 is 11.6 Å². The maximum atomic E-state index is 13.5. The van der Waals surface area contributed by atoms with Gasteiger partial charge in [-0.1, -0.05) is 25.8 Å². The molecular formula is C16H24F2N2. The summed E-state index contributed by atoms with van der Waals surface area (Å²) in [5.41, 5.74) is 6.71. The molecule has 2 rings (SSSR count). The van der Waals surface area contributed by atoms with Crippen LogP contribution < -0.4 is 5.73 Å². The minimum absolute atomic E-state index is 0.0121. The highest BCUT2D eigenvalue weighted by atomic mass is 19.2. The second-order valence-corrected chi connectivity index (χ2v) is 5.60. The van der Waals surface area contributed by atoms with Crippen molar-refractivity contribution in [1.29, 1.82) is 0 Å². The first-order valence-corrected chi connectivity index (χ1v) is 7.58. The third-order valence-electron chi connectivity index (χ3n) is 4.25. The Hall–Kier alpha value is -1.00. The van der Waals surface area contributed by atoms with Gasteiger partial charge >= 0.3 is 0 Å². The third kappa shape index (κ3) is 3.36. The van der Waals surface area contributed by atoms with Crippen molar-refractivity contribution in [3.05, 3.63) is 35.4 Å². The topological polar surface area (TPSA) is 29.3 Å². The van der Waals surface area contributed by atoms with Gasteiger partial charge in [-0.2, -0.15) is 0 Å². The highest BCUT2D eigenvalue weighted by molar-refractivity contribution is 5.22. The molecule has 20 heavy (non-hydrogen) atoms. The molecule has 0 aliphatic carbocycles. The van der Waals surface area contributed by atoms with Crippen LogP contribution in [-0.4, -0.2) is 24.0 Å². The number of hydrogen-bond acceptors (Lipinski definition) is 2. The normalized spacial score (nSPS) is 21.9. The van der Waals surface area contributed by atoms with E-state index in [1.807, 2.05) is 0 Å². The van der Waals surface area contributed by atoms with Gasteiger partial charge in [-0.05, 0) is 43.5 Å². The van der Waals surface area contributed by atoms with Crippen LogP contribution in [0.2, 0.25) is 0 Å². The molecule has 2 nitrogen and oxygen atoms in total. The molecule has 2 atom stereocenters. The van der Waals surface area contributed by atoms with E-state index in [1.165, 1.54) is 25.0 Å². The largest absolute Gasteiger partial charge is 0.329 e. The third-order valence-corrected chi connectivity index (χ3v) is 4.25. The van der Waals surface area contributed by atoms with E-state index in [0.717, 1.165) is 31.4 Å². The first-order valence-electron chi connectivity index (χ1n) is 7.58. The standard InChI is InChI=1S/C16H24F2N2/c1-2-5-13-6-3-4-9-20(13)16(11-19)12-7-8-14(17)15(18)10-12/h7-8,10,13,16H,2-6,9,11,19H2,1H3. The summed E-state index contributed by atoms with van der Waals surface area (Å²) < 4.78 is 26.5. The number of nitrogens with two attached hydrogens (primary N) is 1. The van der Waals surface area contributed by atoms with Crippen molar-refractivity contribution in [2.75, 3.05) is 13.1 Å². The van der Waals surface area contributed by atoms with Gasteiger partial charge in [-0.3, -0.25) is 4.90 Å². The molecule has 1 heterocycles. The second kappa shape index (κ2) is 7.14. The Bertz CT molecular complexity index is 434. The van der Waals surface area contributed by atoms with Crippen molar-refractivity contribution < 1.29 is 8.78 Å². The number of benzene rings is 1. The fourth-order valence-electron chi connectivity index (χ4n) is 3.26.